The summed E-state index contributed by atoms with van der Waals surface area (Å²) < 4.78 is 0. The monoisotopic (exact) mass is 421 g/mol. The van der Waals surface area contributed by atoms with E-state index in [0.717, 1.165) is 35.1 Å². The Morgan fingerprint density at radius 2 is 1.87 bits per heavy atom. The highest BCUT2D eigenvalue weighted by Crippen LogP contribution is 2.29. The number of piperidine rings is 1. The standard InChI is InChI=1S/C22H23N5O2S/c1-14-13-19(21-23-9-12-30-21)26-20(24-14)16-7-10-27(11-8-16)22(29)17-3-5-18(6-4-17)25-15(2)28/h3-6,9,12-13,16H,7-8,10-11H2,1-2H3,(H,25,28). The summed E-state index contributed by atoms with van der Waals surface area (Å²) in [6, 6.07) is 8.98. The van der Waals surface area contributed by atoms with Crippen LogP contribution in [0.4, 0.5) is 5.69 Å². The average molecular weight is 422 g/mol. The van der Waals surface area contributed by atoms with E-state index in [1.807, 2.05) is 23.3 Å². The molecule has 0 radical (unpaired) electrons. The Labute approximate surface area is 179 Å². The Hall–Kier alpha value is -3.13. The Morgan fingerprint density at radius 1 is 1.13 bits per heavy atom. The molecule has 4 rings (SSSR count). The van der Waals surface area contributed by atoms with E-state index < -0.39 is 0 Å². The zero-order valence-electron chi connectivity index (χ0n) is 17.0. The van der Waals surface area contributed by atoms with Gasteiger partial charge in [0.1, 0.15) is 16.5 Å². The summed E-state index contributed by atoms with van der Waals surface area (Å²) in [5.41, 5.74) is 3.11. The highest BCUT2D eigenvalue weighted by molar-refractivity contribution is 7.13. The van der Waals surface area contributed by atoms with Crippen LogP contribution in [0.25, 0.3) is 10.7 Å². The lowest BCUT2D eigenvalue weighted by atomic mass is 9.95. The number of amides is 2. The number of likely N-dealkylation sites (tertiary alicyclic amines) is 1. The molecule has 0 atom stereocenters. The van der Waals surface area contributed by atoms with Crippen molar-refractivity contribution in [2.75, 3.05) is 18.4 Å². The van der Waals surface area contributed by atoms with Crippen LogP contribution >= 0.6 is 11.3 Å². The molecule has 0 bridgehead atoms. The number of hydrogen-bond donors (Lipinski definition) is 1. The van der Waals surface area contributed by atoms with E-state index in [2.05, 4.69) is 15.3 Å². The summed E-state index contributed by atoms with van der Waals surface area (Å²) in [5, 5.41) is 5.56. The van der Waals surface area contributed by atoms with Gasteiger partial charge in [-0.05, 0) is 50.1 Å². The normalized spacial score (nSPS) is 14.5. The highest BCUT2D eigenvalue weighted by Gasteiger charge is 2.26. The van der Waals surface area contributed by atoms with Gasteiger partial charge in [-0.1, -0.05) is 0 Å². The molecule has 7 nitrogen and oxygen atoms in total. The summed E-state index contributed by atoms with van der Waals surface area (Å²) in [7, 11) is 0. The van der Waals surface area contributed by atoms with Crippen LogP contribution in [0.15, 0.2) is 41.9 Å². The maximum atomic E-state index is 12.8. The van der Waals surface area contributed by atoms with Gasteiger partial charge in [0.05, 0.1) is 0 Å². The van der Waals surface area contributed by atoms with Gasteiger partial charge in [-0.3, -0.25) is 9.59 Å². The van der Waals surface area contributed by atoms with Gasteiger partial charge in [-0.15, -0.1) is 11.3 Å². The average Bonchev–Trinajstić information content (AvgIpc) is 3.28. The molecular formula is C22H23N5O2S. The molecule has 1 N–H and O–H groups in total. The van der Waals surface area contributed by atoms with Gasteiger partial charge in [0.2, 0.25) is 5.91 Å². The number of hydrogen-bond acceptors (Lipinski definition) is 6. The first kappa shape index (κ1) is 20.2. The van der Waals surface area contributed by atoms with Crippen LogP contribution in [0, 0.1) is 6.92 Å². The van der Waals surface area contributed by atoms with Crippen molar-refractivity contribution in [3.63, 3.8) is 0 Å². The quantitative estimate of drug-likeness (QED) is 0.691. The fraction of sp³-hybridized carbons (Fsp3) is 0.318. The molecule has 8 heteroatoms. The molecule has 2 amide bonds. The molecule has 30 heavy (non-hydrogen) atoms. The minimum atomic E-state index is -0.132. The molecule has 2 aromatic heterocycles. The molecule has 154 valence electrons. The third-order valence-electron chi connectivity index (χ3n) is 5.12. The first-order chi connectivity index (χ1) is 14.5. The second kappa shape index (κ2) is 8.71. The molecule has 1 saturated heterocycles. The number of nitrogens with one attached hydrogen (secondary N) is 1. The second-order valence-corrected chi connectivity index (χ2v) is 8.31. The zero-order valence-corrected chi connectivity index (χ0v) is 17.8. The largest absolute Gasteiger partial charge is 0.339 e. The lowest BCUT2D eigenvalue weighted by Crippen LogP contribution is -2.38. The summed E-state index contributed by atoms with van der Waals surface area (Å²) in [6.45, 7) is 4.77. The fourth-order valence-electron chi connectivity index (χ4n) is 3.66. The molecule has 3 heterocycles. The SMILES string of the molecule is CC(=O)Nc1ccc(C(=O)N2CCC(c3nc(C)cc(-c4nccs4)n3)CC2)cc1. The van der Waals surface area contributed by atoms with Crippen LogP contribution in [0.1, 0.15) is 47.6 Å². The van der Waals surface area contributed by atoms with Crippen molar-refractivity contribution in [1.29, 1.82) is 0 Å². The van der Waals surface area contributed by atoms with E-state index in [1.165, 1.54) is 6.92 Å². The summed E-state index contributed by atoms with van der Waals surface area (Å²) in [4.78, 5) is 39.6. The molecular weight excluding hydrogens is 398 g/mol. The molecule has 1 aromatic carbocycles. The second-order valence-electron chi connectivity index (χ2n) is 7.42. The van der Waals surface area contributed by atoms with E-state index in [9.17, 15) is 9.59 Å². The number of rotatable bonds is 4. The van der Waals surface area contributed by atoms with Gasteiger partial charge in [0, 0.05) is 54.5 Å². The number of carbonyl (C=O) groups excluding carboxylic acids is 2. The maximum absolute atomic E-state index is 12.8. The van der Waals surface area contributed by atoms with Crippen molar-refractivity contribution in [2.45, 2.75) is 32.6 Å². The predicted molar refractivity (Wildman–Crippen MR) is 117 cm³/mol. The molecule has 1 fully saturated rings. The summed E-state index contributed by atoms with van der Waals surface area (Å²) in [6.07, 6.45) is 3.44. The summed E-state index contributed by atoms with van der Waals surface area (Å²) in [5.74, 6) is 0.950. The van der Waals surface area contributed by atoms with Gasteiger partial charge in [-0.25, -0.2) is 15.0 Å². The van der Waals surface area contributed by atoms with Crippen molar-refractivity contribution in [2.24, 2.45) is 0 Å². The highest BCUT2D eigenvalue weighted by atomic mass is 32.1. The third-order valence-corrected chi connectivity index (χ3v) is 5.92. The smallest absolute Gasteiger partial charge is 0.253 e. The van der Waals surface area contributed by atoms with Crippen molar-refractivity contribution in [1.82, 2.24) is 19.9 Å². The van der Waals surface area contributed by atoms with E-state index in [0.29, 0.717) is 24.3 Å². The molecule has 0 unspecified atom stereocenters. The first-order valence-corrected chi connectivity index (χ1v) is 10.8. The van der Waals surface area contributed by atoms with E-state index in [4.69, 9.17) is 4.98 Å². The van der Waals surface area contributed by atoms with Crippen LogP contribution in [-0.4, -0.2) is 44.8 Å². The number of aryl methyl sites for hydroxylation is 1. The van der Waals surface area contributed by atoms with E-state index >= 15 is 0 Å². The minimum absolute atomic E-state index is 0.0106. The lowest BCUT2D eigenvalue weighted by molar-refractivity contribution is -0.114. The van der Waals surface area contributed by atoms with Crippen molar-refractivity contribution < 1.29 is 9.59 Å². The molecule has 0 saturated carbocycles. The fourth-order valence-corrected chi connectivity index (χ4v) is 4.25. The number of nitrogens with zero attached hydrogens (tertiary/aromatic N) is 4. The maximum Gasteiger partial charge on any atom is 0.253 e. The van der Waals surface area contributed by atoms with Gasteiger partial charge < -0.3 is 10.2 Å². The van der Waals surface area contributed by atoms with E-state index in [-0.39, 0.29) is 17.7 Å². The third kappa shape index (κ3) is 4.54. The number of thiazole rings is 1. The molecule has 0 spiro atoms. The molecule has 0 aliphatic carbocycles. The van der Waals surface area contributed by atoms with Gasteiger partial charge in [-0.2, -0.15) is 0 Å². The van der Waals surface area contributed by atoms with Crippen molar-refractivity contribution in [3.8, 4) is 10.7 Å². The molecule has 1 aliphatic heterocycles. The van der Waals surface area contributed by atoms with Crippen LogP contribution in [0.2, 0.25) is 0 Å². The number of aromatic nitrogens is 3. The molecule has 3 aromatic rings. The first-order valence-electron chi connectivity index (χ1n) is 9.92. The Bertz CT molecular complexity index is 1040. The van der Waals surface area contributed by atoms with Gasteiger partial charge >= 0.3 is 0 Å². The zero-order chi connectivity index (χ0) is 21.1. The van der Waals surface area contributed by atoms with Crippen LogP contribution in [-0.2, 0) is 4.79 Å². The number of benzene rings is 1. The van der Waals surface area contributed by atoms with Crippen molar-refractivity contribution in [3.05, 3.63) is 59.0 Å². The topological polar surface area (TPSA) is 88.1 Å². The van der Waals surface area contributed by atoms with Crippen LogP contribution in [0.3, 0.4) is 0 Å². The van der Waals surface area contributed by atoms with Crippen LogP contribution in [0.5, 0.6) is 0 Å². The Kier molecular flexibility index (Phi) is 5.85. The number of anilines is 1. The van der Waals surface area contributed by atoms with Gasteiger partial charge in [0.25, 0.3) is 5.91 Å². The van der Waals surface area contributed by atoms with Crippen molar-refractivity contribution >= 4 is 28.8 Å². The molecule has 1 aliphatic rings. The van der Waals surface area contributed by atoms with Crippen LogP contribution < -0.4 is 5.32 Å². The minimum Gasteiger partial charge on any atom is -0.339 e. The Morgan fingerprint density at radius 3 is 2.50 bits per heavy atom. The van der Waals surface area contributed by atoms with E-state index in [1.54, 1.807) is 41.8 Å². The lowest BCUT2D eigenvalue weighted by Gasteiger charge is -2.31. The van der Waals surface area contributed by atoms with Gasteiger partial charge in [0.15, 0.2) is 0 Å². The predicted octanol–water partition coefficient (Wildman–Crippen LogP) is 3.89. The Balaban J connectivity index is 1.41. The number of carbonyl (C=O) groups is 2. The summed E-state index contributed by atoms with van der Waals surface area (Å²) >= 11 is 1.57.